The van der Waals surface area contributed by atoms with Gasteiger partial charge in [0, 0.05) is 13.6 Å². The lowest BCUT2D eigenvalue weighted by Gasteiger charge is -2.10. The second kappa shape index (κ2) is 2.42. The molecule has 0 spiro atoms. The minimum absolute atomic E-state index is 0.900. The Kier molecular flexibility index (Phi) is 1.42. The summed E-state index contributed by atoms with van der Waals surface area (Å²) in [5.41, 5.74) is 1.07. The Labute approximate surface area is 65.3 Å². The minimum Gasteiger partial charge on any atom is -0.472 e. The fourth-order valence-electron chi connectivity index (χ4n) is 1.24. The number of hydrogen-bond donors (Lipinski definition) is 0. The van der Waals surface area contributed by atoms with Crippen molar-refractivity contribution in [2.24, 2.45) is 4.99 Å². The summed E-state index contributed by atoms with van der Waals surface area (Å²) in [7, 11) is 2.04. The first kappa shape index (κ1) is 6.46. The molecule has 58 valence electrons. The molecule has 1 aromatic heterocycles. The maximum Gasteiger partial charge on any atom is 0.134 e. The zero-order valence-corrected chi connectivity index (χ0v) is 6.45. The SMILES string of the molecule is CN1CCN=C1c1ccoc1. The summed E-state index contributed by atoms with van der Waals surface area (Å²) in [6.07, 6.45) is 3.39. The molecule has 1 aromatic rings. The van der Waals surface area contributed by atoms with Crippen LogP contribution >= 0.6 is 0 Å². The third-order valence-corrected chi connectivity index (χ3v) is 1.84. The van der Waals surface area contributed by atoms with E-state index in [2.05, 4.69) is 9.89 Å². The van der Waals surface area contributed by atoms with Gasteiger partial charge >= 0.3 is 0 Å². The molecule has 3 heteroatoms. The largest absolute Gasteiger partial charge is 0.472 e. The molecule has 0 saturated carbocycles. The van der Waals surface area contributed by atoms with Crippen molar-refractivity contribution in [2.45, 2.75) is 0 Å². The predicted octanol–water partition coefficient (Wildman–Crippen LogP) is 0.972. The molecule has 0 aromatic carbocycles. The molecule has 0 atom stereocenters. The van der Waals surface area contributed by atoms with Crippen LogP contribution in [0.5, 0.6) is 0 Å². The van der Waals surface area contributed by atoms with E-state index >= 15 is 0 Å². The standard InChI is InChI=1S/C8H10N2O/c1-10-4-3-9-8(10)7-2-5-11-6-7/h2,5-6H,3-4H2,1H3. The van der Waals surface area contributed by atoms with Crippen molar-refractivity contribution in [3.05, 3.63) is 24.2 Å². The molecule has 0 bridgehead atoms. The molecule has 2 rings (SSSR count). The molecule has 3 nitrogen and oxygen atoms in total. The van der Waals surface area contributed by atoms with Gasteiger partial charge in [0.2, 0.25) is 0 Å². The fourth-order valence-corrected chi connectivity index (χ4v) is 1.24. The Bertz CT molecular complexity index is 264. The van der Waals surface area contributed by atoms with Gasteiger partial charge in [0.25, 0.3) is 0 Å². The molecule has 0 unspecified atom stereocenters. The number of rotatable bonds is 1. The highest BCUT2D eigenvalue weighted by Gasteiger charge is 2.14. The van der Waals surface area contributed by atoms with Gasteiger partial charge in [-0.1, -0.05) is 0 Å². The summed E-state index contributed by atoms with van der Waals surface area (Å²) in [5.74, 6) is 1.04. The van der Waals surface area contributed by atoms with Crippen molar-refractivity contribution in [1.82, 2.24) is 4.90 Å². The second-order valence-corrected chi connectivity index (χ2v) is 2.64. The first-order valence-electron chi connectivity index (χ1n) is 3.66. The van der Waals surface area contributed by atoms with Gasteiger partial charge < -0.3 is 9.32 Å². The van der Waals surface area contributed by atoms with Crippen LogP contribution in [0.1, 0.15) is 5.56 Å². The Morgan fingerprint density at radius 1 is 1.64 bits per heavy atom. The van der Waals surface area contributed by atoms with Gasteiger partial charge in [-0.25, -0.2) is 0 Å². The van der Waals surface area contributed by atoms with E-state index in [4.69, 9.17) is 4.42 Å². The van der Waals surface area contributed by atoms with Crippen molar-refractivity contribution < 1.29 is 4.42 Å². The molecule has 2 heterocycles. The summed E-state index contributed by atoms with van der Waals surface area (Å²) in [4.78, 5) is 6.47. The normalized spacial score (nSPS) is 17.2. The van der Waals surface area contributed by atoms with Crippen molar-refractivity contribution in [3.63, 3.8) is 0 Å². The summed E-state index contributed by atoms with van der Waals surface area (Å²) in [6, 6.07) is 1.93. The second-order valence-electron chi connectivity index (χ2n) is 2.64. The molecule has 11 heavy (non-hydrogen) atoms. The highest BCUT2D eigenvalue weighted by atomic mass is 16.3. The van der Waals surface area contributed by atoms with E-state index in [1.807, 2.05) is 13.1 Å². The van der Waals surface area contributed by atoms with Crippen LogP contribution in [-0.2, 0) is 0 Å². The van der Waals surface area contributed by atoms with Gasteiger partial charge in [-0.15, -0.1) is 0 Å². The predicted molar refractivity (Wildman–Crippen MR) is 42.7 cm³/mol. The molecule has 0 saturated heterocycles. The fraction of sp³-hybridized carbons (Fsp3) is 0.375. The Morgan fingerprint density at radius 3 is 3.09 bits per heavy atom. The Balaban J connectivity index is 2.30. The topological polar surface area (TPSA) is 28.7 Å². The van der Waals surface area contributed by atoms with Crippen LogP contribution in [0.2, 0.25) is 0 Å². The maximum absolute atomic E-state index is 4.97. The van der Waals surface area contributed by atoms with Gasteiger partial charge in [0.15, 0.2) is 0 Å². The average molecular weight is 150 g/mol. The Hall–Kier alpha value is -1.25. The van der Waals surface area contributed by atoms with Crippen LogP contribution < -0.4 is 0 Å². The molecule has 1 aliphatic heterocycles. The molecule has 0 N–H and O–H groups in total. The van der Waals surface area contributed by atoms with Crippen molar-refractivity contribution in [3.8, 4) is 0 Å². The molecule has 0 aliphatic carbocycles. The molecule has 0 fully saturated rings. The highest BCUT2D eigenvalue weighted by Crippen LogP contribution is 2.09. The molecule has 0 amide bonds. The lowest BCUT2D eigenvalue weighted by atomic mass is 10.3. The van der Waals surface area contributed by atoms with E-state index in [9.17, 15) is 0 Å². The van der Waals surface area contributed by atoms with E-state index in [-0.39, 0.29) is 0 Å². The van der Waals surface area contributed by atoms with E-state index in [0.29, 0.717) is 0 Å². The van der Waals surface area contributed by atoms with E-state index in [1.54, 1.807) is 12.5 Å². The molecule has 0 radical (unpaired) electrons. The van der Waals surface area contributed by atoms with Crippen molar-refractivity contribution >= 4 is 5.84 Å². The zero-order chi connectivity index (χ0) is 7.68. The number of likely N-dealkylation sites (N-methyl/N-ethyl adjacent to an activating group) is 1. The van der Waals surface area contributed by atoms with Crippen LogP contribution in [0.15, 0.2) is 28.0 Å². The van der Waals surface area contributed by atoms with Gasteiger partial charge in [-0.3, -0.25) is 4.99 Å². The quantitative estimate of drug-likeness (QED) is 0.597. The van der Waals surface area contributed by atoms with Gasteiger partial charge in [0.1, 0.15) is 12.1 Å². The molecule has 1 aliphatic rings. The summed E-state index contributed by atoms with van der Waals surface area (Å²) < 4.78 is 4.97. The van der Waals surface area contributed by atoms with Crippen molar-refractivity contribution in [1.29, 1.82) is 0 Å². The smallest absolute Gasteiger partial charge is 0.134 e. The number of amidine groups is 1. The first-order valence-corrected chi connectivity index (χ1v) is 3.66. The van der Waals surface area contributed by atoms with Gasteiger partial charge in [-0.05, 0) is 6.07 Å². The van der Waals surface area contributed by atoms with Gasteiger partial charge in [-0.2, -0.15) is 0 Å². The minimum atomic E-state index is 0.900. The lowest BCUT2D eigenvalue weighted by Crippen LogP contribution is -2.22. The number of aliphatic imine (C=N–C) groups is 1. The number of nitrogens with zero attached hydrogens (tertiary/aromatic N) is 2. The number of hydrogen-bond acceptors (Lipinski definition) is 3. The third-order valence-electron chi connectivity index (χ3n) is 1.84. The lowest BCUT2D eigenvalue weighted by molar-refractivity contribution is 0.550. The molecular weight excluding hydrogens is 140 g/mol. The van der Waals surface area contributed by atoms with Crippen LogP contribution in [0, 0.1) is 0 Å². The van der Waals surface area contributed by atoms with Crippen molar-refractivity contribution in [2.75, 3.05) is 20.1 Å². The van der Waals surface area contributed by atoms with E-state index in [0.717, 1.165) is 24.5 Å². The van der Waals surface area contributed by atoms with Gasteiger partial charge in [0.05, 0.1) is 18.4 Å². The van der Waals surface area contributed by atoms with E-state index in [1.165, 1.54) is 0 Å². The Morgan fingerprint density at radius 2 is 2.55 bits per heavy atom. The zero-order valence-electron chi connectivity index (χ0n) is 6.45. The monoisotopic (exact) mass is 150 g/mol. The van der Waals surface area contributed by atoms with Crippen LogP contribution in [0.3, 0.4) is 0 Å². The summed E-state index contributed by atoms with van der Waals surface area (Å²) in [6.45, 7) is 1.91. The first-order chi connectivity index (χ1) is 5.38. The van der Waals surface area contributed by atoms with E-state index < -0.39 is 0 Å². The maximum atomic E-state index is 4.97. The van der Waals surface area contributed by atoms with Crippen LogP contribution in [-0.4, -0.2) is 30.9 Å². The third kappa shape index (κ3) is 1.02. The summed E-state index contributed by atoms with van der Waals surface area (Å²) >= 11 is 0. The molecular formula is C8H10N2O. The van der Waals surface area contributed by atoms with Crippen LogP contribution in [0.4, 0.5) is 0 Å². The summed E-state index contributed by atoms with van der Waals surface area (Å²) in [5, 5.41) is 0. The average Bonchev–Trinajstić information content (AvgIpc) is 2.55. The highest BCUT2D eigenvalue weighted by molar-refractivity contribution is 5.99. The van der Waals surface area contributed by atoms with Crippen LogP contribution in [0.25, 0.3) is 0 Å². The number of furan rings is 1.